The summed E-state index contributed by atoms with van der Waals surface area (Å²) in [5, 5.41) is 5.07. The van der Waals surface area contributed by atoms with Crippen LogP contribution in [-0.2, 0) is 23.4 Å². The fourth-order valence-corrected chi connectivity index (χ4v) is 4.15. The van der Waals surface area contributed by atoms with Gasteiger partial charge in [0.25, 0.3) is 0 Å². The van der Waals surface area contributed by atoms with E-state index in [0.29, 0.717) is 5.75 Å². The van der Waals surface area contributed by atoms with Crippen LogP contribution in [0.4, 0.5) is 5.69 Å². The summed E-state index contributed by atoms with van der Waals surface area (Å²) < 4.78 is 0. The number of carbonyl (C=O) groups excluding carboxylic acids is 1. The molecule has 0 aliphatic heterocycles. The van der Waals surface area contributed by atoms with E-state index < -0.39 is 0 Å². The van der Waals surface area contributed by atoms with Crippen molar-refractivity contribution >= 4 is 34.7 Å². The Bertz CT molecular complexity index is 593. The number of benzene rings is 1. The van der Waals surface area contributed by atoms with E-state index in [9.17, 15) is 4.79 Å². The van der Waals surface area contributed by atoms with E-state index in [4.69, 9.17) is 0 Å². The molecule has 1 amide bonds. The lowest BCUT2D eigenvalue weighted by Gasteiger charge is -2.07. The summed E-state index contributed by atoms with van der Waals surface area (Å²) in [6.45, 7) is 0. The van der Waals surface area contributed by atoms with Crippen molar-refractivity contribution in [2.75, 3.05) is 11.1 Å². The quantitative estimate of drug-likeness (QED) is 0.900. The molecule has 0 saturated carbocycles. The molecule has 1 aromatic carbocycles. The van der Waals surface area contributed by atoms with Crippen LogP contribution in [0.2, 0.25) is 0 Å². The highest BCUT2D eigenvalue weighted by Crippen LogP contribution is 2.25. The highest BCUT2D eigenvalue weighted by atomic mass is 32.2. The third-order valence-electron chi connectivity index (χ3n) is 3.44. The van der Waals surface area contributed by atoms with Gasteiger partial charge < -0.3 is 5.32 Å². The molecule has 1 N–H and O–H groups in total. The van der Waals surface area contributed by atoms with Gasteiger partial charge in [0.2, 0.25) is 5.91 Å². The fraction of sp³-hybridized carbons (Fsp3) is 0.312. The number of anilines is 1. The standard InChI is InChI=1S/C16H17NOS2/c18-16(11-19-10-15-5-2-8-20-15)17-14-7-6-12-3-1-4-13(12)9-14/h2,5-9H,1,3-4,10-11H2,(H,17,18). The number of nitrogens with one attached hydrogen (secondary N) is 1. The summed E-state index contributed by atoms with van der Waals surface area (Å²) in [5.41, 5.74) is 3.77. The number of aryl methyl sites for hydroxylation is 2. The number of rotatable bonds is 5. The monoisotopic (exact) mass is 303 g/mol. The lowest BCUT2D eigenvalue weighted by Crippen LogP contribution is -2.14. The van der Waals surface area contributed by atoms with Crippen LogP contribution in [0.1, 0.15) is 22.4 Å². The molecule has 1 aromatic heterocycles. The SMILES string of the molecule is O=C(CSCc1cccs1)Nc1ccc2c(c1)CCC2. The zero-order valence-electron chi connectivity index (χ0n) is 11.2. The Labute approximate surface area is 127 Å². The molecule has 0 fully saturated rings. The normalized spacial score (nSPS) is 13.2. The first-order valence-corrected chi connectivity index (χ1v) is 8.86. The third kappa shape index (κ3) is 3.44. The molecule has 2 aromatic rings. The highest BCUT2D eigenvalue weighted by Gasteiger charge is 2.11. The van der Waals surface area contributed by atoms with Crippen molar-refractivity contribution in [1.29, 1.82) is 0 Å². The zero-order chi connectivity index (χ0) is 13.8. The minimum absolute atomic E-state index is 0.0875. The smallest absolute Gasteiger partial charge is 0.234 e. The van der Waals surface area contributed by atoms with E-state index in [-0.39, 0.29) is 5.91 Å². The number of hydrogen-bond donors (Lipinski definition) is 1. The Balaban J connectivity index is 1.49. The molecule has 0 atom stereocenters. The Morgan fingerprint density at radius 3 is 3.00 bits per heavy atom. The molecule has 4 heteroatoms. The van der Waals surface area contributed by atoms with E-state index in [1.165, 1.54) is 28.8 Å². The molecule has 1 aliphatic carbocycles. The van der Waals surface area contributed by atoms with Crippen LogP contribution in [0.25, 0.3) is 0 Å². The molecule has 0 unspecified atom stereocenters. The van der Waals surface area contributed by atoms with Gasteiger partial charge in [-0.15, -0.1) is 23.1 Å². The van der Waals surface area contributed by atoms with Gasteiger partial charge in [-0.1, -0.05) is 12.1 Å². The first-order chi connectivity index (χ1) is 9.81. The number of thioether (sulfide) groups is 1. The molecular weight excluding hydrogens is 286 g/mol. The average molecular weight is 303 g/mol. The molecule has 1 aliphatic rings. The maximum absolute atomic E-state index is 11.9. The van der Waals surface area contributed by atoms with Gasteiger partial charge in [0.1, 0.15) is 0 Å². The summed E-state index contributed by atoms with van der Waals surface area (Å²) in [5.74, 6) is 1.51. The number of amides is 1. The third-order valence-corrected chi connectivity index (χ3v) is 5.48. The summed E-state index contributed by atoms with van der Waals surface area (Å²) in [6.07, 6.45) is 3.57. The van der Waals surface area contributed by atoms with Crippen LogP contribution in [0, 0.1) is 0 Å². The van der Waals surface area contributed by atoms with Gasteiger partial charge in [0, 0.05) is 16.3 Å². The molecule has 0 spiro atoms. The van der Waals surface area contributed by atoms with E-state index in [0.717, 1.165) is 17.9 Å². The van der Waals surface area contributed by atoms with Gasteiger partial charge in [-0.2, -0.15) is 0 Å². The van der Waals surface area contributed by atoms with Crippen molar-refractivity contribution in [3.63, 3.8) is 0 Å². The van der Waals surface area contributed by atoms with Crippen LogP contribution in [0.5, 0.6) is 0 Å². The molecule has 0 saturated heterocycles. The summed E-state index contributed by atoms with van der Waals surface area (Å²) in [4.78, 5) is 13.2. The second-order valence-electron chi connectivity index (χ2n) is 4.96. The summed E-state index contributed by atoms with van der Waals surface area (Å²) >= 11 is 3.40. The van der Waals surface area contributed by atoms with Gasteiger partial charge >= 0.3 is 0 Å². The van der Waals surface area contributed by atoms with Gasteiger partial charge in [-0.3, -0.25) is 4.79 Å². The van der Waals surface area contributed by atoms with E-state index in [1.54, 1.807) is 23.1 Å². The Morgan fingerprint density at radius 2 is 2.15 bits per heavy atom. The topological polar surface area (TPSA) is 29.1 Å². The predicted molar refractivity (Wildman–Crippen MR) is 87.6 cm³/mol. The second kappa shape index (κ2) is 6.46. The number of hydrogen-bond acceptors (Lipinski definition) is 3. The largest absolute Gasteiger partial charge is 0.325 e. The molecule has 2 nitrogen and oxygen atoms in total. The van der Waals surface area contributed by atoms with Gasteiger partial charge in [-0.05, 0) is 54.0 Å². The molecule has 0 radical (unpaired) electrons. The fourth-order valence-electron chi connectivity index (χ4n) is 2.49. The van der Waals surface area contributed by atoms with E-state index in [1.807, 2.05) is 12.1 Å². The second-order valence-corrected chi connectivity index (χ2v) is 6.98. The van der Waals surface area contributed by atoms with Crippen molar-refractivity contribution < 1.29 is 4.79 Å². The van der Waals surface area contributed by atoms with Crippen LogP contribution < -0.4 is 5.32 Å². The maximum atomic E-state index is 11.9. The van der Waals surface area contributed by atoms with Gasteiger partial charge in [0.05, 0.1) is 5.75 Å². The van der Waals surface area contributed by atoms with Crippen molar-refractivity contribution in [1.82, 2.24) is 0 Å². The average Bonchev–Trinajstić information content (AvgIpc) is 3.08. The molecule has 1 heterocycles. The van der Waals surface area contributed by atoms with Crippen LogP contribution in [0.3, 0.4) is 0 Å². The molecule has 0 bridgehead atoms. The highest BCUT2D eigenvalue weighted by molar-refractivity contribution is 7.99. The molecule has 3 rings (SSSR count). The Kier molecular flexibility index (Phi) is 4.43. The number of thiophene rings is 1. The number of fused-ring (bicyclic) bond motifs is 1. The Morgan fingerprint density at radius 1 is 1.25 bits per heavy atom. The minimum atomic E-state index is 0.0875. The molecule has 20 heavy (non-hydrogen) atoms. The maximum Gasteiger partial charge on any atom is 0.234 e. The van der Waals surface area contributed by atoms with Crippen LogP contribution >= 0.6 is 23.1 Å². The molecule has 104 valence electrons. The minimum Gasteiger partial charge on any atom is -0.325 e. The summed E-state index contributed by atoms with van der Waals surface area (Å²) in [7, 11) is 0. The van der Waals surface area contributed by atoms with Crippen molar-refractivity contribution in [2.45, 2.75) is 25.0 Å². The van der Waals surface area contributed by atoms with E-state index >= 15 is 0 Å². The van der Waals surface area contributed by atoms with Crippen molar-refractivity contribution in [3.8, 4) is 0 Å². The van der Waals surface area contributed by atoms with Gasteiger partial charge in [-0.25, -0.2) is 0 Å². The Hall–Kier alpha value is -1.26. The zero-order valence-corrected chi connectivity index (χ0v) is 12.9. The van der Waals surface area contributed by atoms with Crippen molar-refractivity contribution in [2.24, 2.45) is 0 Å². The first-order valence-electron chi connectivity index (χ1n) is 6.83. The van der Waals surface area contributed by atoms with Crippen LogP contribution in [-0.4, -0.2) is 11.7 Å². The lowest BCUT2D eigenvalue weighted by molar-refractivity contribution is -0.113. The first kappa shape index (κ1) is 13.7. The number of carbonyl (C=O) groups is 1. The predicted octanol–water partition coefficient (Wildman–Crippen LogP) is 4.11. The van der Waals surface area contributed by atoms with E-state index in [2.05, 4.69) is 28.9 Å². The lowest BCUT2D eigenvalue weighted by atomic mass is 10.1. The van der Waals surface area contributed by atoms with Crippen LogP contribution in [0.15, 0.2) is 35.7 Å². The van der Waals surface area contributed by atoms with Crippen molar-refractivity contribution in [3.05, 3.63) is 51.7 Å². The van der Waals surface area contributed by atoms with Gasteiger partial charge in [0.15, 0.2) is 0 Å². The molecular formula is C16H17NOS2. The summed E-state index contributed by atoms with van der Waals surface area (Å²) in [6, 6.07) is 10.5.